The number of anilines is 1. The molecule has 0 saturated heterocycles. The number of benzene rings is 1. The zero-order valence-corrected chi connectivity index (χ0v) is 18.9. The van der Waals surface area contributed by atoms with Gasteiger partial charge in [0.15, 0.2) is 22.4 Å². The van der Waals surface area contributed by atoms with E-state index in [1.54, 1.807) is 30.5 Å². The van der Waals surface area contributed by atoms with Crippen molar-refractivity contribution in [1.82, 2.24) is 15.2 Å². The third kappa shape index (κ3) is 5.97. The van der Waals surface area contributed by atoms with Crippen LogP contribution in [-0.2, 0) is 10.5 Å². The summed E-state index contributed by atoms with van der Waals surface area (Å²) < 4.78 is 17.1. The highest BCUT2D eigenvalue weighted by Gasteiger charge is 2.13. The molecule has 1 N–H and O–H groups in total. The number of amides is 1. The van der Waals surface area contributed by atoms with Crippen LogP contribution in [0.4, 0.5) is 5.69 Å². The first-order valence-electron chi connectivity index (χ1n) is 8.70. The summed E-state index contributed by atoms with van der Waals surface area (Å²) in [6.07, 6.45) is 1.56. The van der Waals surface area contributed by atoms with Crippen LogP contribution < -0.4 is 19.5 Å². The number of hydrogen-bond donors (Lipinski definition) is 1. The number of halogens is 1. The summed E-state index contributed by atoms with van der Waals surface area (Å²) in [5.41, 5.74) is 1.23. The highest BCUT2D eigenvalue weighted by atomic mass is 35.5. The van der Waals surface area contributed by atoms with Gasteiger partial charge in [0.05, 0.1) is 31.8 Å². The molecule has 1 aromatic carbocycles. The Morgan fingerprint density at radius 3 is 2.67 bits per heavy atom. The van der Waals surface area contributed by atoms with Crippen LogP contribution in [-0.4, -0.2) is 41.9 Å². The largest absolute Gasteiger partial charge is 0.495 e. The molecule has 2 heterocycles. The lowest BCUT2D eigenvalue weighted by atomic mass is 10.3. The van der Waals surface area contributed by atoms with Gasteiger partial charge in [-0.15, -0.1) is 10.2 Å². The molecule has 3 aromatic rings. The maximum absolute atomic E-state index is 12.4. The molecule has 0 saturated carbocycles. The minimum atomic E-state index is -0.366. The summed E-state index contributed by atoms with van der Waals surface area (Å²) in [6, 6.07) is 6.70. The second-order valence-corrected chi connectivity index (χ2v) is 8.72. The third-order valence-corrected chi connectivity index (χ3v) is 5.99. The van der Waals surface area contributed by atoms with E-state index in [0.717, 1.165) is 15.0 Å². The lowest BCUT2D eigenvalue weighted by Crippen LogP contribution is -2.20. The van der Waals surface area contributed by atoms with Crippen LogP contribution in [0.2, 0.25) is 5.02 Å². The Bertz CT molecular complexity index is 1030. The van der Waals surface area contributed by atoms with E-state index < -0.39 is 0 Å². The molecular formula is C19H19ClN4O4S2. The molecule has 0 spiro atoms. The van der Waals surface area contributed by atoms with Gasteiger partial charge in [-0.2, -0.15) is 0 Å². The van der Waals surface area contributed by atoms with Crippen LogP contribution in [0.25, 0.3) is 0 Å². The van der Waals surface area contributed by atoms with E-state index in [1.165, 1.54) is 37.3 Å². The van der Waals surface area contributed by atoms with Gasteiger partial charge in [-0.25, -0.2) is 0 Å². The quantitative estimate of drug-likeness (QED) is 0.468. The lowest BCUT2D eigenvalue weighted by Gasteiger charge is -2.13. The Labute approximate surface area is 186 Å². The van der Waals surface area contributed by atoms with Gasteiger partial charge in [-0.3, -0.25) is 9.78 Å². The number of carbonyl (C=O) groups excluding carboxylic acids is 1. The number of nitrogens with zero attached hydrogens (tertiary/aromatic N) is 3. The normalized spacial score (nSPS) is 10.5. The first kappa shape index (κ1) is 22.1. The van der Waals surface area contributed by atoms with Crippen LogP contribution in [0.15, 0.2) is 34.8 Å². The third-order valence-electron chi connectivity index (χ3n) is 3.75. The first-order valence-corrected chi connectivity index (χ1v) is 10.9. The van der Waals surface area contributed by atoms with E-state index in [0.29, 0.717) is 33.7 Å². The van der Waals surface area contributed by atoms with Crippen molar-refractivity contribution in [3.05, 3.63) is 46.2 Å². The molecule has 158 valence electrons. The number of hydrogen-bond acceptors (Lipinski definition) is 9. The molecule has 30 heavy (non-hydrogen) atoms. The minimum Gasteiger partial charge on any atom is -0.495 e. The number of nitrogens with one attached hydrogen (secondary N) is 1. The summed E-state index contributed by atoms with van der Waals surface area (Å²) in [4.78, 5) is 16.7. The Balaban J connectivity index is 1.63. The highest BCUT2D eigenvalue weighted by Crippen LogP contribution is 2.31. The van der Waals surface area contributed by atoms with E-state index in [1.807, 2.05) is 6.92 Å². The summed E-state index contributed by atoms with van der Waals surface area (Å²) in [5.74, 6) is 1.57. The highest BCUT2D eigenvalue weighted by molar-refractivity contribution is 8.00. The summed E-state index contributed by atoms with van der Waals surface area (Å²) in [5, 5.41) is 12.2. The number of pyridine rings is 1. The number of thioether (sulfide) groups is 1. The van der Waals surface area contributed by atoms with Gasteiger partial charge in [0, 0.05) is 16.8 Å². The van der Waals surface area contributed by atoms with Crippen molar-refractivity contribution in [3.8, 4) is 17.2 Å². The second-order valence-electron chi connectivity index (χ2n) is 5.88. The molecule has 0 aliphatic carbocycles. The summed E-state index contributed by atoms with van der Waals surface area (Å²) in [6.45, 7) is 1.68. The van der Waals surface area contributed by atoms with Crippen molar-refractivity contribution in [3.63, 3.8) is 0 Å². The molecule has 0 aliphatic heterocycles. The van der Waals surface area contributed by atoms with Crippen molar-refractivity contribution in [1.29, 1.82) is 0 Å². The molecule has 0 bridgehead atoms. The molecule has 3 rings (SSSR count). The number of methoxy groups -OCH3 is 2. The van der Waals surface area contributed by atoms with Crippen molar-refractivity contribution < 1.29 is 19.0 Å². The fourth-order valence-electron chi connectivity index (χ4n) is 2.39. The molecule has 0 aliphatic rings. The number of aromatic nitrogens is 3. The fraction of sp³-hybridized carbons (Fsp3) is 0.263. The van der Waals surface area contributed by atoms with Gasteiger partial charge in [0.25, 0.3) is 5.91 Å². The minimum absolute atomic E-state index is 0.224. The van der Waals surface area contributed by atoms with E-state index >= 15 is 0 Å². The van der Waals surface area contributed by atoms with Crippen LogP contribution >= 0.6 is 34.7 Å². The maximum Gasteiger partial charge on any atom is 0.262 e. The molecule has 0 unspecified atom stereocenters. The molecule has 1 amide bonds. The van der Waals surface area contributed by atoms with Gasteiger partial charge >= 0.3 is 0 Å². The number of aryl methyl sites for hydroxylation is 1. The number of carbonyl (C=O) groups is 1. The zero-order chi connectivity index (χ0) is 21.5. The predicted octanol–water partition coefficient (Wildman–Crippen LogP) is 4.22. The van der Waals surface area contributed by atoms with Gasteiger partial charge < -0.3 is 19.5 Å². The second kappa shape index (κ2) is 10.5. The lowest BCUT2D eigenvalue weighted by molar-refractivity contribution is -0.118. The van der Waals surface area contributed by atoms with Crippen LogP contribution in [0.1, 0.15) is 10.7 Å². The van der Waals surface area contributed by atoms with E-state index in [-0.39, 0.29) is 12.5 Å². The predicted molar refractivity (Wildman–Crippen MR) is 117 cm³/mol. The van der Waals surface area contributed by atoms with Crippen LogP contribution in [0.5, 0.6) is 17.2 Å². The van der Waals surface area contributed by atoms with Gasteiger partial charge in [-0.05, 0) is 25.1 Å². The SMILES string of the molecule is COc1ccc(Cl)cc1NC(=O)COc1cc(CSc2nnc(C)s2)ncc1OC. The molecule has 11 heteroatoms. The van der Waals surface area contributed by atoms with Gasteiger partial charge in [0.2, 0.25) is 0 Å². The standard InChI is InChI=1S/C19H19ClN4O4S2/c1-11-23-24-19(30-11)29-10-13-7-16(17(27-3)8-21-13)28-9-18(25)22-14-6-12(20)4-5-15(14)26-2/h4-8H,9-10H2,1-3H3,(H,22,25). The van der Waals surface area contributed by atoms with Crippen LogP contribution in [0, 0.1) is 6.92 Å². The Hall–Kier alpha value is -2.56. The average molecular weight is 467 g/mol. The first-order chi connectivity index (χ1) is 14.5. The van der Waals surface area contributed by atoms with Gasteiger partial charge in [0.1, 0.15) is 10.8 Å². The maximum atomic E-state index is 12.4. The average Bonchev–Trinajstić information content (AvgIpc) is 3.16. The Kier molecular flexibility index (Phi) is 7.72. The zero-order valence-electron chi connectivity index (χ0n) is 16.5. The van der Waals surface area contributed by atoms with E-state index in [4.69, 9.17) is 25.8 Å². The molecule has 8 nitrogen and oxygen atoms in total. The Morgan fingerprint density at radius 1 is 1.17 bits per heavy atom. The van der Waals surface area contributed by atoms with E-state index in [2.05, 4.69) is 20.5 Å². The van der Waals surface area contributed by atoms with Crippen molar-refractivity contribution in [2.75, 3.05) is 26.1 Å². The van der Waals surface area contributed by atoms with E-state index in [9.17, 15) is 4.79 Å². The summed E-state index contributed by atoms with van der Waals surface area (Å²) in [7, 11) is 3.03. The molecular weight excluding hydrogens is 448 g/mol. The smallest absolute Gasteiger partial charge is 0.262 e. The number of ether oxygens (including phenoxy) is 3. The van der Waals surface area contributed by atoms with Crippen molar-refractivity contribution in [2.24, 2.45) is 0 Å². The monoisotopic (exact) mass is 466 g/mol. The summed E-state index contributed by atoms with van der Waals surface area (Å²) >= 11 is 9.04. The molecule has 2 aromatic heterocycles. The molecule has 0 radical (unpaired) electrons. The van der Waals surface area contributed by atoms with Crippen molar-refractivity contribution >= 4 is 46.3 Å². The Morgan fingerprint density at radius 2 is 1.97 bits per heavy atom. The molecule has 0 fully saturated rings. The molecule has 0 atom stereocenters. The fourth-order valence-corrected chi connectivity index (χ4v) is 4.28. The topological polar surface area (TPSA) is 95.5 Å². The van der Waals surface area contributed by atoms with Crippen molar-refractivity contribution in [2.45, 2.75) is 17.0 Å². The van der Waals surface area contributed by atoms with Gasteiger partial charge in [-0.1, -0.05) is 34.7 Å². The van der Waals surface area contributed by atoms with Crippen LogP contribution in [0.3, 0.4) is 0 Å². The number of rotatable bonds is 9.